The fraction of sp³-hybridized carbons (Fsp3) is 0.200. The lowest BCUT2D eigenvalue weighted by molar-refractivity contribution is 0.0319. The molecule has 0 spiro atoms. The summed E-state index contributed by atoms with van der Waals surface area (Å²) < 4.78 is 10.6. The number of aromatic nitrogens is 1. The lowest BCUT2D eigenvalue weighted by atomic mass is 10.1. The number of benzene rings is 2. The van der Waals surface area contributed by atoms with Gasteiger partial charge < -0.3 is 14.5 Å². The fourth-order valence-electron chi connectivity index (χ4n) is 2.72. The van der Waals surface area contributed by atoms with Crippen LogP contribution in [0.4, 0.5) is 0 Å². The first-order valence-electron chi connectivity index (χ1n) is 7.97. The van der Waals surface area contributed by atoms with Gasteiger partial charge in [0.1, 0.15) is 5.75 Å². The Morgan fingerprint density at radius 2 is 1.88 bits per heavy atom. The summed E-state index contributed by atoms with van der Waals surface area (Å²) >= 11 is 0. The topological polar surface area (TPSA) is 68.4 Å². The molecular formula is C20H19NO4. The molecule has 0 bridgehead atoms. The van der Waals surface area contributed by atoms with Crippen LogP contribution in [-0.4, -0.2) is 30.0 Å². The second kappa shape index (κ2) is 6.81. The first-order chi connectivity index (χ1) is 12.0. The van der Waals surface area contributed by atoms with Gasteiger partial charge in [-0.05, 0) is 37.6 Å². The van der Waals surface area contributed by atoms with Gasteiger partial charge in [0.25, 0.3) is 0 Å². The molecule has 3 aromatic rings. The molecule has 1 N–H and O–H groups in total. The standard InChI is InChI=1S/C20H19NO4/c1-12-8-9-14(10-18(12)24-3)20(23)25-13(2)19(22)16-11-21-17-7-5-4-6-15(16)17/h4-11,13,21H,1-3H3. The first kappa shape index (κ1) is 16.8. The number of ether oxygens (including phenoxy) is 2. The van der Waals surface area contributed by atoms with Crippen molar-refractivity contribution >= 4 is 22.7 Å². The van der Waals surface area contributed by atoms with E-state index < -0.39 is 12.1 Å². The second-order valence-electron chi connectivity index (χ2n) is 5.84. The number of Topliss-reactive ketones (excluding diaryl/α,β-unsaturated/α-hetero) is 1. The van der Waals surface area contributed by atoms with E-state index in [1.54, 1.807) is 38.4 Å². The van der Waals surface area contributed by atoms with Gasteiger partial charge in [-0.25, -0.2) is 4.79 Å². The Kier molecular flexibility index (Phi) is 4.57. The van der Waals surface area contributed by atoms with Crippen molar-refractivity contribution < 1.29 is 19.1 Å². The normalized spacial score (nSPS) is 12.0. The summed E-state index contributed by atoms with van der Waals surface area (Å²) in [7, 11) is 1.54. The SMILES string of the molecule is COc1cc(C(=O)OC(C)C(=O)c2c[nH]c3ccccc23)ccc1C. The van der Waals surface area contributed by atoms with Crippen LogP contribution in [0.2, 0.25) is 0 Å². The average Bonchev–Trinajstić information content (AvgIpc) is 3.05. The van der Waals surface area contributed by atoms with E-state index in [1.165, 1.54) is 0 Å². The van der Waals surface area contributed by atoms with Crippen LogP contribution in [0.5, 0.6) is 5.75 Å². The molecule has 0 radical (unpaired) electrons. The number of fused-ring (bicyclic) bond motifs is 1. The zero-order chi connectivity index (χ0) is 18.0. The van der Waals surface area contributed by atoms with Crippen LogP contribution in [0.1, 0.15) is 33.2 Å². The maximum absolute atomic E-state index is 12.6. The molecule has 0 fully saturated rings. The second-order valence-corrected chi connectivity index (χ2v) is 5.84. The van der Waals surface area contributed by atoms with Crippen LogP contribution in [0.3, 0.4) is 0 Å². The van der Waals surface area contributed by atoms with Gasteiger partial charge >= 0.3 is 5.97 Å². The molecule has 5 heteroatoms. The minimum Gasteiger partial charge on any atom is -0.496 e. The molecular weight excluding hydrogens is 318 g/mol. The molecule has 0 saturated carbocycles. The number of esters is 1. The van der Waals surface area contributed by atoms with Gasteiger partial charge in [0, 0.05) is 22.7 Å². The minimum atomic E-state index is -0.890. The zero-order valence-corrected chi connectivity index (χ0v) is 14.3. The Morgan fingerprint density at radius 3 is 2.64 bits per heavy atom. The predicted molar refractivity (Wildman–Crippen MR) is 95.2 cm³/mol. The quantitative estimate of drug-likeness (QED) is 0.566. The molecule has 0 amide bonds. The van der Waals surface area contributed by atoms with Gasteiger partial charge in [-0.3, -0.25) is 4.79 Å². The van der Waals surface area contributed by atoms with E-state index in [1.807, 2.05) is 31.2 Å². The summed E-state index contributed by atoms with van der Waals surface area (Å²) in [4.78, 5) is 28.0. The van der Waals surface area contributed by atoms with Crippen molar-refractivity contribution in [3.8, 4) is 5.75 Å². The highest BCUT2D eigenvalue weighted by molar-refractivity contribution is 6.10. The van der Waals surface area contributed by atoms with Gasteiger partial charge in [-0.2, -0.15) is 0 Å². The number of para-hydroxylation sites is 1. The minimum absolute atomic E-state index is 0.245. The summed E-state index contributed by atoms with van der Waals surface area (Å²) in [5.41, 5.74) is 2.65. The van der Waals surface area contributed by atoms with Crippen LogP contribution in [0.15, 0.2) is 48.7 Å². The van der Waals surface area contributed by atoms with E-state index in [9.17, 15) is 9.59 Å². The third kappa shape index (κ3) is 3.26. The van der Waals surface area contributed by atoms with Crippen molar-refractivity contribution in [3.63, 3.8) is 0 Å². The van der Waals surface area contributed by atoms with Gasteiger partial charge in [-0.15, -0.1) is 0 Å². The monoisotopic (exact) mass is 337 g/mol. The lowest BCUT2D eigenvalue weighted by Gasteiger charge is -2.13. The van der Waals surface area contributed by atoms with Gasteiger partial charge in [0.15, 0.2) is 6.10 Å². The molecule has 0 aliphatic rings. The molecule has 0 aliphatic heterocycles. The van der Waals surface area contributed by atoms with Crippen LogP contribution < -0.4 is 4.74 Å². The summed E-state index contributed by atoms with van der Waals surface area (Å²) in [6.45, 7) is 3.46. The highest BCUT2D eigenvalue weighted by Gasteiger charge is 2.23. The van der Waals surface area contributed by atoms with E-state index in [0.29, 0.717) is 16.9 Å². The molecule has 1 unspecified atom stereocenters. The van der Waals surface area contributed by atoms with E-state index in [2.05, 4.69) is 4.98 Å². The van der Waals surface area contributed by atoms with E-state index in [4.69, 9.17) is 9.47 Å². The summed E-state index contributed by atoms with van der Waals surface area (Å²) in [6, 6.07) is 12.6. The van der Waals surface area contributed by atoms with Gasteiger partial charge in [-0.1, -0.05) is 24.3 Å². The number of ketones is 1. The third-order valence-corrected chi connectivity index (χ3v) is 4.15. The highest BCUT2D eigenvalue weighted by Crippen LogP contribution is 2.22. The molecule has 2 aromatic carbocycles. The van der Waals surface area contributed by atoms with Crippen molar-refractivity contribution in [2.24, 2.45) is 0 Å². The smallest absolute Gasteiger partial charge is 0.338 e. The number of aromatic amines is 1. The summed E-state index contributed by atoms with van der Waals surface area (Å²) in [6.07, 6.45) is 0.755. The number of hydrogen-bond acceptors (Lipinski definition) is 4. The summed E-state index contributed by atoms with van der Waals surface area (Å²) in [5, 5.41) is 0.812. The van der Waals surface area contributed by atoms with Gasteiger partial charge in [0.05, 0.1) is 12.7 Å². The Labute approximate surface area is 145 Å². The van der Waals surface area contributed by atoms with Crippen LogP contribution in [0, 0.1) is 6.92 Å². The van der Waals surface area contributed by atoms with Gasteiger partial charge in [0.2, 0.25) is 5.78 Å². The molecule has 5 nitrogen and oxygen atoms in total. The largest absolute Gasteiger partial charge is 0.496 e. The molecule has 0 saturated heterocycles. The molecule has 1 heterocycles. The van der Waals surface area contributed by atoms with Crippen molar-refractivity contribution in [1.29, 1.82) is 0 Å². The number of nitrogens with one attached hydrogen (secondary N) is 1. The zero-order valence-electron chi connectivity index (χ0n) is 14.3. The van der Waals surface area contributed by atoms with E-state index >= 15 is 0 Å². The number of carbonyl (C=O) groups excluding carboxylic acids is 2. The number of hydrogen-bond donors (Lipinski definition) is 1. The number of rotatable bonds is 5. The molecule has 3 rings (SSSR count). The first-order valence-corrected chi connectivity index (χ1v) is 7.97. The number of aryl methyl sites for hydroxylation is 1. The van der Waals surface area contributed by atoms with Crippen LogP contribution >= 0.6 is 0 Å². The number of methoxy groups -OCH3 is 1. The average molecular weight is 337 g/mol. The van der Waals surface area contributed by atoms with Crippen molar-refractivity contribution in [3.05, 3.63) is 65.4 Å². The van der Waals surface area contributed by atoms with Crippen molar-refractivity contribution in [2.45, 2.75) is 20.0 Å². The van der Waals surface area contributed by atoms with Crippen LogP contribution in [-0.2, 0) is 4.74 Å². The predicted octanol–water partition coefficient (Wildman–Crippen LogP) is 3.91. The molecule has 25 heavy (non-hydrogen) atoms. The lowest BCUT2D eigenvalue weighted by Crippen LogP contribution is -2.24. The fourth-order valence-corrected chi connectivity index (χ4v) is 2.72. The Hall–Kier alpha value is -3.08. The Morgan fingerprint density at radius 1 is 1.12 bits per heavy atom. The third-order valence-electron chi connectivity index (χ3n) is 4.15. The Balaban J connectivity index is 1.78. The summed E-state index contributed by atoms with van der Waals surface area (Å²) in [5.74, 6) is -0.200. The van der Waals surface area contributed by atoms with E-state index in [0.717, 1.165) is 16.5 Å². The highest BCUT2D eigenvalue weighted by atomic mass is 16.5. The molecule has 1 aromatic heterocycles. The molecule has 128 valence electrons. The maximum Gasteiger partial charge on any atom is 0.338 e. The number of H-pyrrole nitrogens is 1. The maximum atomic E-state index is 12.6. The molecule has 1 atom stereocenters. The van der Waals surface area contributed by atoms with Crippen molar-refractivity contribution in [2.75, 3.05) is 7.11 Å². The molecule has 0 aliphatic carbocycles. The number of carbonyl (C=O) groups is 2. The van der Waals surface area contributed by atoms with E-state index in [-0.39, 0.29) is 5.78 Å². The van der Waals surface area contributed by atoms with Crippen molar-refractivity contribution in [1.82, 2.24) is 4.98 Å². The van der Waals surface area contributed by atoms with Crippen LogP contribution in [0.25, 0.3) is 10.9 Å². The Bertz CT molecular complexity index is 942.